The van der Waals surface area contributed by atoms with E-state index in [0.717, 1.165) is 37.1 Å². The van der Waals surface area contributed by atoms with Gasteiger partial charge in [-0.1, -0.05) is 12.6 Å². The molecular formula is C24H29N5O3. The van der Waals surface area contributed by atoms with Crippen molar-refractivity contribution in [1.29, 1.82) is 5.41 Å². The number of likely N-dealkylation sites (tertiary alicyclic amines) is 1. The number of nitrogens with two attached hydrogens (primary N) is 1. The summed E-state index contributed by atoms with van der Waals surface area (Å²) in [6.45, 7) is 5.29. The summed E-state index contributed by atoms with van der Waals surface area (Å²) < 4.78 is 5.35. The Morgan fingerprint density at radius 1 is 1.19 bits per heavy atom. The van der Waals surface area contributed by atoms with E-state index in [-0.39, 0.29) is 17.7 Å². The molecule has 0 bridgehead atoms. The van der Waals surface area contributed by atoms with Gasteiger partial charge in [0.1, 0.15) is 11.5 Å². The molecule has 8 heteroatoms. The van der Waals surface area contributed by atoms with Gasteiger partial charge in [-0.15, -0.1) is 0 Å². The lowest BCUT2D eigenvalue weighted by molar-refractivity contribution is -0.115. The van der Waals surface area contributed by atoms with Gasteiger partial charge < -0.3 is 26.0 Å². The Bertz CT molecular complexity index is 1040. The fourth-order valence-electron chi connectivity index (χ4n) is 3.63. The summed E-state index contributed by atoms with van der Waals surface area (Å²) in [6, 6.07) is 10.5. The summed E-state index contributed by atoms with van der Waals surface area (Å²) in [4.78, 5) is 26.6. The Balaban J connectivity index is 1.85. The number of nitrogens with one attached hydrogen (secondary N) is 3. The molecule has 8 nitrogen and oxygen atoms in total. The quantitative estimate of drug-likeness (QED) is 0.303. The summed E-state index contributed by atoms with van der Waals surface area (Å²) in [5.74, 6) is -0.224. The monoisotopic (exact) mass is 435 g/mol. The smallest absolute Gasteiger partial charge is 0.270 e. The third-order valence-electron chi connectivity index (χ3n) is 5.53. The summed E-state index contributed by atoms with van der Waals surface area (Å²) >= 11 is 0. The van der Waals surface area contributed by atoms with Crippen molar-refractivity contribution in [2.75, 3.05) is 38.3 Å². The Hall–Kier alpha value is -3.65. The molecule has 2 amide bonds. The number of carbonyl (C=O) groups is 2. The number of hydrogen-bond acceptors (Lipinski definition) is 6. The van der Waals surface area contributed by atoms with Crippen LogP contribution in [0.2, 0.25) is 0 Å². The number of carbonyl (C=O) groups excluding carboxylic acids is 2. The first-order valence-corrected chi connectivity index (χ1v) is 10.4. The average molecular weight is 436 g/mol. The van der Waals surface area contributed by atoms with Crippen molar-refractivity contribution < 1.29 is 14.3 Å². The van der Waals surface area contributed by atoms with Crippen molar-refractivity contribution in [2.45, 2.75) is 18.9 Å². The van der Waals surface area contributed by atoms with Crippen LogP contribution in [0.25, 0.3) is 11.1 Å². The van der Waals surface area contributed by atoms with E-state index in [1.54, 1.807) is 36.4 Å². The minimum absolute atomic E-state index is 0.0536. The number of nitrogens with zero attached hydrogens (tertiary/aromatic N) is 1. The van der Waals surface area contributed by atoms with Gasteiger partial charge in [0.2, 0.25) is 5.91 Å². The maximum Gasteiger partial charge on any atom is 0.270 e. The fraction of sp³-hybridized carbons (Fsp3) is 0.292. The molecule has 1 aliphatic heterocycles. The SMILES string of the molecule is C=CC(=O)Nc1cc(OC)cc(-c2ccc(N)c(C(=N)C(=O)NC3CCN(C)CC3)c2)c1. The fourth-order valence-corrected chi connectivity index (χ4v) is 3.63. The average Bonchev–Trinajstić information content (AvgIpc) is 2.80. The van der Waals surface area contributed by atoms with Crippen molar-refractivity contribution >= 4 is 28.9 Å². The summed E-state index contributed by atoms with van der Waals surface area (Å²) in [7, 11) is 3.59. The Morgan fingerprint density at radius 3 is 2.56 bits per heavy atom. The topological polar surface area (TPSA) is 121 Å². The third-order valence-corrected chi connectivity index (χ3v) is 5.53. The van der Waals surface area contributed by atoms with Gasteiger partial charge in [-0.05, 0) is 74.4 Å². The number of nitrogen functional groups attached to an aromatic ring is 1. The first-order chi connectivity index (χ1) is 15.3. The summed E-state index contributed by atoms with van der Waals surface area (Å²) in [5, 5.41) is 14.1. The molecule has 0 saturated carbocycles. The minimum atomic E-state index is -0.437. The van der Waals surface area contributed by atoms with Crippen molar-refractivity contribution in [2.24, 2.45) is 0 Å². The van der Waals surface area contributed by atoms with Crippen LogP contribution in [0, 0.1) is 5.41 Å². The van der Waals surface area contributed by atoms with Crippen LogP contribution < -0.4 is 21.1 Å². The highest BCUT2D eigenvalue weighted by molar-refractivity contribution is 6.45. The molecule has 2 aromatic carbocycles. The number of anilines is 2. The molecule has 1 fully saturated rings. The van der Waals surface area contributed by atoms with Crippen LogP contribution in [0.1, 0.15) is 18.4 Å². The highest BCUT2D eigenvalue weighted by Crippen LogP contribution is 2.30. The van der Waals surface area contributed by atoms with Gasteiger partial charge in [-0.2, -0.15) is 0 Å². The molecule has 1 saturated heterocycles. The number of methoxy groups -OCH3 is 1. The van der Waals surface area contributed by atoms with Crippen LogP contribution in [0.3, 0.4) is 0 Å². The maximum absolute atomic E-state index is 12.7. The standard InChI is InChI=1S/C24H29N5O3/c1-4-22(30)27-18-11-16(12-19(14-18)32-3)15-5-6-21(25)20(13-15)23(26)24(31)28-17-7-9-29(2)10-8-17/h4-6,11-14,17,26H,1,7-10,25H2,2-3H3,(H,27,30)(H,28,31). The van der Waals surface area contributed by atoms with E-state index in [9.17, 15) is 9.59 Å². The molecule has 168 valence electrons. The first-order valence-electron chi connectivity index (χ1n) is 10.4. The molecule has 0 radical (unpaired) electrons. The predicted molar refractivity (Wildman–Crippen MR) is 127 cm³/mol. The lowest BCUT2D eigenvalue weighted by atomic mass is 9.98. The van der Waals surface area contributed by atoms with E-state index in [1.165, 1.54) is 13.2 Å². The van der Waals surface area contributed by atoms with E-state index in [1.807, 2.05) is 0 Å². The molecule has 32 heavy (non-hydrogen) atoms. The molecule has 0 atom stereocenters. The van der Waals surface area contributed by atoms with E-state index < -0.39 is 5.91 Å². The zero-order chi connectivity index (χ0) is 23.3. The van der Waals surface area contributed by atoms with Crippen LogP contribution in [-0.4, -0.2) is 55.7 Å². The summed E-state index contributed by atoms with van der Waals surface area (Å²) in [5.41, 5.74) is 8.65. The molecular weight excluding hydrogens is 406 g/mol. The first kappa shape index (κ1) is 23.0. The molecule has 2 aromatic rings. The Labute approximate surface area is 187 Å². The van der Waals surface area contributed by atoms with Crippen LogP contribution in [-0.2, 0) is 9.59 Å². The van der Waals surface area contributed by atoms with Crippen molar-refractivity contribution in [1.82, 2.24) is 10.2 Å². The third kappa shape index (κ3) is 5.53. The molecule has 0 aliphatic carbocycles. The van der Waals surface area contributed by atoms with Crippen LogP contribution in [0.4, 0.5) is 11.4 Å². The van der Waals surface area contributed by atoms with Crippen molar-refractivity contribution in [3.8, 4) is 16.9 Å². The van der Waals surface area contributed by atoms with E-state index in [0.29, 0.717) is 22.7 Å². The number of amides is 2. The number of hydrogen-bond donors (Lipinski definition) is 4. The number of benzene rings is 2. The van der Waals surface area contributed by atoms with Gasteiger partial charge >= 0.3 is 0 Å². The molecule has 0 aromatic heterocycles. The van der Waals surface area contributed by atoms with Crippen molar-refractivity contribution in [3.05, 3.63) is 54.6 Å². The summed E-state index contributed by atoms with van der Waals surface area (Å²) in [6.07, 6.45) is 2.90. The van der Waals surface area contributed by atoms with Gasteiger partial charge in [0.25, 0.3) is 5.91 Å². The zero-order valence-electron chi connectivity index (χ0n) is 18.4. The van der Waals surface area contributed by atoms with Crippen LogP contribution >= 0.6 is 0 Å². The molecule has 1 heterocycles. The van der Waals surface area contributed by atoms with E-state index >= 15 is 0 Å². The van der Waals surface area contributed by atoms with Crippen LogP contribution in [0.15, 0.2) is 49.1 Å². The molecule has 0 spiro atoms. The molecule has 1 aliphatic rings. The second-order valence-electron chi connectivity index (χ2n) is 7.87. The largest absolute Gasteiger partial charge is 0.497 e. The van der Waals surface area contributed by atoms with Gasteiger partial charge in [-0.25, -0.2) is 0 Å². The number of rotatable bonds is 7. The zero-order valence-corrected chi connectivity index (χ0v) is 18.4. The number of ether oxygens (including phenoxy) is 1. The second kappa shape index (κ2) is 10.1. The van der Waals surface area contributed by atoms with Gasteiger partial charge in [0.05, 0.1) is 7.11 Å². The lowest BCUT2D eigenvalue weighted by Crippen LogP contribution is -2.45. The molecule has 5 N–H and O–H groups in total. The Kier molecular flexibility index (Phi) is 7.27. The van der Waals surface area contributed by atoms with Crippen LogP contribution in [0.5, 0.6) is 5.75 Å². The highest BCUT2D eigenvalue weighted by atomic mass is 16.5. The molecule has 3 rings (SSSR count). The second-order valence-corrected chi connectivity index (χ2v) is 7.87. The predicted octanol–water partition coefficient (Wildman–Crippen LogP) is 2.65. The number of piperidine rings is 1. The van der Waals surface area contributed by atoms with Gasteiger partial charge in [0, 0.05) is 29.0 Å². The highest BCUT2D eigenvalue weighted by Gasteiger charge is 2.22. The van der Waals surface area contributed by atoms with Gasteiger partial charge in [0.15, 0.2) is 0 Å². The lowest BCUT2D eigenvalue weighted by Gasteiger charge is -2.29. The normalized spacial score (nSPS) is 14.4. The minimum Gasteiger partial charge on any atom is -0.497 e. The Morgan fingerprint density at radius 2 is 1.91 bits per heavy atom. The van der Waals surface area contributed by atoms with E-state index in [2.05, 4.69) is 29.2 Å². The molecule has 0 unspecified atom stereocenters. The maximum atomic E-state index is 12.7. The van der Waals surface area contributed by atoms with Crippen molar-refractivity contribution in [3.63, 3.8) is 0 Å². The van der Waals surface area contributed by atoms with E-state index in [4.69, 9.17) is 15.9 Å². The van der Waals surface area contributed by atoms with Gasteiger partial charge in [-0.3, -0.25) is 15.0 Å².